The van der Waals surface area contributed by atoms with Gasteiger partial charge in [-0.15, -0.1) is 13.2 Å². The number of aryl methyl sites for hydroxylation is 1. The highest BCUT2D eigenvalue weighted by Crippen LogP contribution is 2.36. The molecule has 0 aliphatic rings. The molecule has 0 radical (unpaired) electrons. The van der Waals surface area contributed by atoms with Crippen LogP contribution in [-0.2, 0) is 0 Å². The molecule has 0 bridgehead atoms. The van der Waals surface area contributed by atoms with Crippen LogP contribution in [0.1, 0.15) is 19.4 Å². The molecule has 0 atom stereocenters. The smallest absolute Gasteiger partial charge is 0.496 e. The lowest BCUT2D eigenvalue weighted by molar-refractivity contribution is -0.385. The molecule has 0 aliphatic heterocycles. The van der Waals surface area contributed by atoms with Crippen molar-refractivity contribution in [3.05, 3.63) is 46.1 Å². The highest BCUT2D eigenvalue weighted by atomic mass is 19.4. The molecule has 1 heterocycles. The zero-order valence-corrected chi connectivity index (χ0v) is 14.0. The highest BCUT2D eigenvalue weighted by molar-refractivity contribution is 5.71. The number of rotatable bonds is 4. The van der Waals surface area contributed by atoms with Crippen LogP contribution in [0.2, 0.25) is 0 Å². The number of aromatic nitrogens is 1. The Kier molecular flexibility index (Phi) is 6.72. The van der Waals surface area contributed by atoms with Gasteiger partial charge in [-0.1, -0.05) is 13.8 Å². The van der Waals surface area contributed by atoms with Crippen molar-refractivity contribution < 1.29 is 27.6 Å². The summed E-state index contributed by atoms with van der Waals surface area (Å²) in [5, 5.41) is 10.7. The molecule has 2 rings (SSSR count). The van der Waals surface area contributed by atoms with Gasteiger partial charge in [0, 0.05) is 17.7 Å². The summed E-state index contributed by atoms with van der Waals surface area (Å²) in [4.78, 5) is 14.1. The van der Waals surface area contributed by atoms with Gasteiger partial charge < -0.3 is 9.47 Å². The number of ether oxygens (including phenoxy) is 2. The SMILES string of the molecule is CC.COc1cc(OC(F)(F)F)ccc1-c1ncc([N+](=O)[O-])cc1C. The van der Waals surface area contributed by atoms with E-state index in [1.165, 1.54) is 19.2 Å². The minimum Gasteiger partial charge on any atom is -0.496 e. The van der Waals surface area contributed by atoms with E-state index in [9.17, 15) is 23.3 Å². The Morgan fingerprint density at radius 2 is 1.84 bits per heavy atom. The maximum atomic E-state index is 12.2. The van der Waals surface area contributed by atoms with Crippen molar-refractivity contribution in [1.82, 2.24) is 4.98 Å². The molecule has 0 amide bonds. The van der Waals surface area contributed by atoms with Crippen LogP contribution >= 0.6 is 0 Å². The summed E-state index contributed by atoms with van der Waals surface area (Å²) in [6.45, 7) is 5.61. The number of nitro groups is 1. The Morgan fingerprint density at radius 1 is 1.20 bits per heavy atom. The van der Waals surface area contributed by atoms with E-state index < -0.39 is 17.0 Å². The van der Waals surface area contributed by atoms with Gasteiger partial charge in [-0.2, -0.15) is 0 Å². The van der Waals surface area contributed by atoms with Gasteiger partial charge in [0.1, 0.15) is 17.7 Å². The summed E-state index contributed by atoms with van der Waals surface area (Å²) in [5.41, 5.74) is 1.07. The molecule has 1 aromatic carbocycles. The van der Waals surface area contributed by atoms with Crippen LogP contribution in [0.15, 0.2) is 30.5 Å². The van der Waals surface area contributed by atoms with Crippen molar-refractivity contribution in [2.45, 2.75) is 27.1 Å². The van der Waals surface area contributed by atoms with E-state index in [1.807, 2.05) is 13.8 Å². The Bertz CT molecular complexity index is 749. The molecule has 9 heteroatoms. The van der Waals surface area contributed by atoms with Crippen molar-refractivity contribution in [2.75, 3.05) is 7.11 Å². The number of pyridine rings is 1. The van der Waals surface area contributed by atoms with E-state index in [2.05, 4.69) is 9.72 Å². The van der Waals surface area contributed by atoms with E-state index in [0.29, 0.717) is 16.8 Å². The largest absolute Gasteiger partial charge is 0.573 e. The fraction of sp³-hybridized carbons (Fsp3) is 0.312. The third-order valence-corrected chi connectivity index (χ3v) is 2.94. The Hall–Kier alpha value is -2.84. The lowest BCUT2D eigenvalue weighted by Crippen LogP contribution is -2.17. The standard InChI is InChI=1S/C14H11F3N2O4.C2H6/c1-8-5-9(19(20)21)7-18-13(8)11-4-3-10(6-12(11)22-2)23-14(15,16)17;1-2/h3-7H,1-2H3;1-2H3. The van der Waals surface area contributed by atoms with Gasteiger partial charge in [-0.3, -0.25) is 10.1 Å². The Morgan fingerprint density at radius 3 is 2.32 bits per heavy atom. The lowest BCUT2D eigenvalue weighted by Gasteiger charge is -2.13. The minimum atomic E-state index is -4.81. The van der Waals surface area contributed by atoms with Gasteiger partial charge in [0.05, 0.1) is 17.7 Å². The average Bonchev–Trinajstić information content (AvgIpc) is 2.55. The predicted octanol–water partition coefficient (Wildman–Crippen LogP) is 4.90. The summed E-state index contributed by atoms with van der Waals surface area (Å²) < 4.78 is 45.6. The third-order valence-electron chi connectivity index (χ3n) is 2.94. The highest BCUT2D eigenvalue weighted by Gasteiger charge is 2.31. The number of alkyl halides is 3. The first-order chi connectivity index (χ1) is 11.7. The fourth-order valence-electron chi connectivity index (χ4n) is 2.01. The monoisotopic (exact) mass is 358 g/mol. The summed E-state index contributed by atoms with van der Waals surface area (Å²) in [6.07, 6.45) is -3.74. The minimum absolute atomic E-state index is 0.108. The quantitative estimate of drug-likeness (QED) is 0.574. The third kappa shape index (κ3) is 5.33. The van der Waals surface area contributed by atoms with Crippen LogP contribution in [0, 0.1) is 17.0 Å². The van der Waals surface area contributed by atoms with Gasteiger partial charge in [-0.05, 0) is 24.6 Å². The Balaban J connectivity index is 0.00000151. The zero-order chi connectivity index (χ0) is 19.2. The lowest BCUT2D eigenvalue weighted by atomic mass is 10.1. The van der Waals surface area contributed by atoms with E-state index in [-0.39, 0.29) is 11.4 Å². The molecule has 0 spiro atoms. The van der Waals surface area contributed by atoms with Gasteiger partial charge >= 0.3 is 6.36 Å². The fourth-order valence-corrected chi connectivity index (χ4v) is 2.01. The molecule has 136 valence electrons. The van der Waals surface area contributed by atoms with Crippen molar-refractivity contribution in [3.8, 4) is 22.8 Å². The molecule has 0 saturated heterocycles. The Labute approximate surface area is 142 Å². The van der Waals surface area contributed by atoms with Crippen molar-refractivity contribution in [1.29, 1.82) is 0 Å². The maximum absolute atomic E-state index is 12.2. The zero-order valence-electron chi connectivity index (χ0n) is 14.0. The topological polar surface area (TPSA) is 74.5 Å². The normalized spacial score (nSPS) is 10.5. The average molecular weight is 358 g/mol. The summed E-state index contributed by atoms with van der Waals surface area (Å²) in [6, 6.07) is 4.86. The van der Waals surface area contributed by atoms with Crippen molar-refractivity contribution in [2.24, 2.45) is 0 Å². The first-order valence-electron chi connectivity index (χ1n) is 7.26. The first kappa shape index (κ1) is 20.2. The number of hydrogen-bond donors (Lipinski definition) is 0. The maximum Gasteiger partial charge on any atom is 0.573 e. The van der Waals surface area contributed by atoms with Crippen LogP contribution in [0.3, 0.4) is 0 Å². The number of halogens is 3. The molecule has 6 nitrogen and oxygen atoms in total. The molecular formula is C16H17F3N2O4. The van der Waals surface area contributed by atoms with Crippen LogP contribution in [0.5, 0.6) is 11.5 Å². The second kappa shape index (κ2) is 8.32. The molecule has 0 aliphatic carbocycles. The second-order valence-corrected chi connectivity index (χ2v) is 4.53. The van der Waals surface area contributed by atoms with Crippen LogP contribution in [0.4, 0.5) is 18.9 Å². The summed E-state index contributed by atoms with van der Waals surface area (Å²) in [5.74, 6) is -0.325. The van der Waals surface area contributed by atoms with Crippen molar-refractivity contribution >= 4 is 5.69 Å². The molecule has 0 saturated carbocycles. The van der Waals surface area contributed by atoms with Crippen molar-refractivity contribution in [3.63, 3.8) is 0 Å². The van der Waals surface area contributed by atoms with Crippen LogP contribution in [-0.4, -0.2) is 23.4 Å². The van der Waals surface area contributed by atoms with E-state index >= 15 is 0 Å². The molecule has 0 N–H and O–H groups in total. The molecule has 25 heavy (non-hydrogen) atoms. The molecule has 0 fully saturated rings. The van der Waals surface area contributed by atoms with Gasteiger partial charge in [0.15, 0.2) is 0 Å². The van der Waals surface area contributed by atoms with Crippen LogP contribution < -0.4 is 9.47 Å². The second-order valence-electron chi connectivity index (χ2n) is 4.53. The van der Waals surface area contributed by atoms with Crippen LogP contribution in [0.25, 0.3) is 11.3 Å². The summed E-state index contributed by atoms with van der Waals surface area (Å²) >= 11 is 0. The molecule has 0 unspecified atom stereocenters. The van der Waals surface area contributed by atoms with E-state index in [1.54, 1.807) is 6.92 Å². The predicted molar refractivity (Wildman–Crippen MR) is 85.6 cm³/mol. The van der Waals surface area contributed by atoms with Gasteiger partial charge in [-0.25, -0.2) is 4.98 Å². The molecule has 1 aromatic heterocycles. The van der Waals surface area contributed by atoms with Gasteiger partial charge in [0.25, 0.3) is 5.69 Å². The number of benzene rings is 1. The molecule has 2 aromatic rings. The summed E-state index contributed by atoms with van der Waals surface area (Å²) in [7, 11) is 1.29. The molecular weight excluding hydrogens is 341 g/mol. The number of methoxy groups -OCH3 is 1. The first-order valence-corrected chi connectivity index (χ1v) is 7.26. The van der Waals surface area contributed by atoms with E-state index in [4.69, 9.17) is 4.74 Å². The number of nitrogens with zero attached hydrogens (tertiary/aromatic N) is 2. The van der Waals surface area contributed by atoms with E-state index in [0.717, 1.165) is 18.3 Å². The number of hydrogen-bond acceptors (Lipinski definition) is 5. The van der Waals surface area contributed by atoms with Gasteiger partial charge in [0.2, 0.25) is 0 Å².